The lowest BCUT2D eigenvalue weighted by molar-refractivity contribution is 0.567. The Bertz CT molecular complexity index is 441. The average Bonchev–Trinajstić information content (AvgIpc) is 2.66. The Labute approximate surface area is 96.6 Å². The van der Waals surface area contributed by atoms with Crippen LogP contribution in [0.15, 0.2) is 30.3 Å². The fraction of sp³-hybridized carbons (Fsp3) is 0.500. The predicted octanol–water partition coefficient (Wildman–Crippen LogP) is 1.48. The Hall–Kier alpha value is -0.870. The van der Waals surface area contributed by atoms with Crippen molar-refractivity contribution in [1.29, 1.82) is 0 Å². The van der Waals surface area contributed by atoms with Gasteiger partial charge in [-0.15, -0.1) is 0 Å². The van der Waals surface area contributed by atoms with E-state index in [0.717, 1.165) is 24.8 Å². The number of hydrogen-bond acceptors (Lipinski definition) is 3. The molecule has 0 aliphatic heterocycles. The Morgan fingerprint density at radius 3 is 2.44 bits per heavy atom. The van der Waals surface area contributed by atoms with Crippen LogP contribution < -0.4 is 5.73 Å². The van der Waals surface area contributed by atoms with Gasteiger partial charge in [-0.25, -0.2) is 8.42 Å². The summed E-state index contributed by atoms with van der Waals surface area (Å²) in [5.41, 5.74) is 6.69. The standard InChI is InChI=1S/C12H17NO2S/c13-11-7-4-8-12(11)16(14,15)9-10-5-2-1-3-6-10/h1-3,5-6,11-12H,4,7-9,13H2. The van der Waals surface area contributed by atoms with Crippen LogP contribution in [0.1, 0.15) is 24.8 Å². The SMILES string of the molecule is NC1CCCC1S(=O)(=O)Cc1ccccc1. The van der Waals surface area contributed by atoms with Gasteiger partial charge in [0, 0.05) is 6.04 Å². The molecule has 1 aromatic carbocycles. The quantitative estimate of drug-likeness (QED) is 0.869. The summed E-state index contributed by atoms with van der Waals surface area (Å²) >= 11 is 0. The molecular formula is C12H17NO2S. The zero-order valence-electron chi connectivity index (χ0n) is 9.17. The maximum atomic E-state index is 12.1. The number of sulfone groups is 1. The third-order valence-electron chi connectivity index (χ3n) is 3.18. The molecule has 0 amide bonds. The third kappa shape index (κ3) is 2.44. The van der Waals surface area contributed by atoms with Gasteiger partial charge in [0.1, 0.15) is 0 Å². The Kier molecular flexibility index (Phi) is 3.30. The summed E-state index contributed by atoms with van der Waals surface area (Å²) in [6.07, 6.45) is 2.48. The summed E-state index contributed by atoms with van der Waals surface area (Å²) in [6, 6.07) is 9.13. The summed E-state index contributed by atoms with van der Waals surface area (Å²) in [5, 5.41) is -0.340. The van der Waals surface area contributed by atoms with Gasteiger partial charge in [0.2, 0.25) is 0 Å². The maximum Gasteiger partial charge on any atom is 0.158 e. The molecule has 2 atom stereocenters. The number of rotatable bonds is 3. The molecule has 0 radical (unpaired) electrons. The first-order valence-electron chi connectivity index (χ1n) is 5.61. The van der Waals surface area contributed by atoms with Crippen molar-refractivity contribution in [3.63, 3.8) is 0 Å². The second kappa shape index (κ2) is 4.55. The molecular weight excluding hydrogens is 222 g/mol. The van der Waals surface area contributed by atoms with Crippen molar-refractivity contribution in [3.8, 4) is 0 Å². The van der Waals surface area contributed by atoms with Gasteiger partial charge in [-0.1, -0.05) is 36.8 Å². The summed E-state index contributed by atoms with van der Waals surface area (Å²) in [7, 11) is -3.09. The zero-order chi connectivity index (χ0) is 11.6. The van der Waals surface area contributed by atoms with Gasteiger partial charge in [-0.2, -0.15) is 0 Å². The molecule has 88 valence electrons. The minimum absolute atomic E-state index is 0.117. The normalized spacial score (nSPS) is 25.8. The van der Waals surface area contributed by atoms with E-state index in [1.54, 1.807) is 0 Å². The summed E-state index contributed by atoms with van der Waals surface area (Å²) < 4.78 is 24.3. The van der Waals surface area contributed by atoms with Crippen LogP contribution >= 0.6 is 0 Å². The molecule has 2 rings (SSSR count). The van der Waals surface area contributed by atoms with Crippen LogP contribution in [0, 0.1) is 0 Å². The van der Waals surface area contributed by atoms with Crippen molar-refractivity contribution < 1.29 is 8.42 Å². The first-order valence-corrected chi connectivity index (χ1v) is 7.32. The van der Waals surface area contributed by atoms with Crippen LogP contribution in [-0.4, -0.2) is 19.7 Å². The number of nitrogens with two attached hydrogens (primary N) is 1. The van der Waals surface area contributed by atoms with Gasteiger partial charge >= 0.3 is 0 Å². The first-order chi connectivity index (χ1) is 7.59. The van der Waals surface area contributed by atoms with Gasteiger partial charge in [-0.3, -0.25) is 0 Å². The smallest absolute Gasteiger partial charge is 0.158 e. The van der Waals surface area contributed by atoms with E-state index in [-0.39, 0.29) is 17.0 Å². The first kappa shape index (κ1) is 11.6. The summed E-state index contributed by atoms with van der Waals surface area (Å²) in [6.45, 7) is 0. The van der Waals surface area contributed by atoms with Gasteiger partial charge in [-0.05, 0) is 18.4 Å². The van der Waals surface area contributed by atoms with Crippen LogP contribution in [0.2, 0.25) is 0 Å². The maximum absolute atomic E-state index is 12.1. The van der Waals surface area contributed by atoms with Crippen LogP contribution in [0.25, 0.3) is 0 Å². The second-order valence-corrected chi connectivity index (χ2v) is 6.65. The zero-order valence-corrected chi connectivity index (χ0v) is 9.99. The molecule has 1 saturated carbocycles. The molecule has 1 fully saturated rings. The van der Waals surface area contributed by atoms with Gasteiger partial charge in [0.05, 0.1) is 11.0 Å². The van der Waals surface area contributed by atoms with E-state index in [2.05, 4.69) is 0 Å². The molecule has 0 heterocycles. The van der Waals surface area contributed by atoms with Crippen LogP contribution in [0.3, 0.4) is 0 Å². The second-order valence-electron chi connectivity index (χ2n) is 4.43. The van der Waals surface area contributed by atoms with E-state index in [9.17, 15) is 8.42 Å². The molecule has 2 N–H and O–H groups in total. The molecule has 0 saturated heterocycles. The third-order valence-corrected chi connectivity index (χ3v) is 5.42. The summed E-state index contributed by atoms with van der Waals surface area (Å²) in [5.74, 6) is 0.117. The molecule has 1 aliphatic carbocycles. The minimum Gasteiger partial charge on any atom is -0.327 e. The van der Waals surface area contributed by atoms with E-state index in [1.165, 1.54) is 0 Å². The van der Waals surface area contributed by atoms with E-state index in [4.69, 9.17) is 5.73 Å². The fourth-order valence-corrected chi connectivity index (χ4v) is 4.38. The van der Waals surface area contributed by atoms with Crippen LogP contribution in [-0.2, 0) is 15.6 Å². The Balaban J connectivity index is 2.14. The van der Waals surface area contributed by atoms with Gasteiger partial charge in [0.15, 0.2) is 9.84 Å². The lowest BCUT2D eigenvalue weighted by atomic mass is 10.2. The molecule has 2 unspecified atom stereocenters. The van der Waals surface area contributed by atoms with Crippen molar-refractivity contribution in [1.82, 2.24) is 0 Å². The number of benzene rings is 1. The van der Waals surface area contributed by atoms with Crippen molar-refractivity contribution in [3.05, 3.63) is 35.9 Å². The lowest BCUT2D eigenvalue weighted by Gasteiger charge is -2.16. The monoisotopic (exact) mass is 239 g/mol. The topological polar surface area (TPSA) is 60.2 Å². The van der Waals surface area contributed by atoms with Gasteiger partial charge < -0.3 is 5.73 Å². The molecule has 1 aliphatic rings. The van der Waals surface area contributed by atoms with Crippen molar-refractivity contribution in [2.45, 2.75) is 36.3 Å². The highest BCUT2D eigenvalue weighted by atomic mass is 32.2. The summed E-state index contributed by atoms with van der Waals surface area (Å²) in [4.78, 5) is 0. The van der Waals surface area contributed by atoms with E-state index in [0.29, 0.717) is 0 Å². The minimum atomic E-state index is -3.09. The molecule has 3 nitrogen and oxygen atoms in total. The van der Waals surface area contributed by atoms with E-state index < -0.39 is 9.84 Å². The molecule has 0 aromatic heterocycles. The van der Waals surface area contributed by atoms with Crippen LogP contribution in [0.4, 0.5) is 0 Å². The predicted molar refractivity (Wildman–Crippen MR) is 64.7 cm³/mol. The highest BCUT2D eigenvalue weighted by Gasteiger charge is 2.34. The van der Waals surface area contributed by atoms with Crippen molar-refractivity contribution >= 4 is 9.84 Å². The van der Waals surface area contributed by atoms with E-state index in [1.807, 2.05) is 30.3 Å². The van der Waals surface area contributed by atoms with E-state index >= 15 is 0 Å². The largest absolute Gasteiger partial charge is 0.327 e. The highest BCUT2D eigenvalue weighted by Crippen LogP contribution is 2.26. The molecule has 4 heteroatoms. The highest BCUT2D eigenvalue weighted by molar-refractivity contribution is 7.91. The van der Waals surface area contributed by atoms with Crippen LogP contribution in [0.5, 0.6) is 0 Å². The average molecular weight is 239 g/mol. The molecule has 0 bridgehead atoms. The van der Waals surface area contributed by atoms with Gasteiger partial charge in [0.25, 0.3) is 0 Å². The van der Waals surface area contributed by atoms with Crippen molar-refractivity contribution in [2.24, 2.45) is 5.73 Å². The van der Waals surface area contributed by atoms with Crippen molar-refractivity contribution in [2.75, 3.05) is 0 Å². The fourth-order valence-electron chi connectivity index (χ4n) is 2.31. The lowest BCUT2D eigenvalue weighted by Crippen LogP contribution is -2.36. The Morgan fingerprint density at radius 2 is 1.88 bits per heavy atom. The number of hydrogen-bond donors (Lipinski definition) is 1. The Morgan fingerprint density at radius 1 is 1.19 bits per heavy atom. The molecule has 0 spiro atoms. The molecule has 1 aromatic rings. The molecule has 16 heavy (non-hydrogen) atoms.